The topological polar surface area (TPSA) is 43.7 Å². The molecule has 0 radical (unpaired) electrons. The maximum Gasteiger partial charge on any atom is 0.266 e. The quantitative estimate of drug-likeness (QED) is 0.244. The molecule has 0 spiro atoms. The van der Waals surface area contributed by atoms with Gasteiger partial charge in [-0.05, 0) is 36.6 Å². The molecule has 1 saturated carbocycles. The van der Waals surface area contributed by atoms with Crippen molar-refractivity contribution in [3.8, 4) is 11.5 Å². The van der Waals surface area contributed by atoms with Crippen molar-refractivity contribution in [1.29, 1.82) is 0 Å². The summed E-state index contributed by atoms with van der Waals surface area (Å²) in [5.41, 5.74) is 2.13. The number of amides is 1. The Morgan fingerprint density at radius 3 is 2.60 bits per heavy atom. The van der Waals surface area contributed by atoms with Crippen molar-refractivity contribution in [1.82, 2.24) is 9.47 Å². The van der Waals surface area contributed by atoms with Gasteiger partial charge in [0.15, 0.2) is 11.5 Å². The fourth-order valence-corrected chi connectivity index (χ4v) is 6.31. The lowest BCUT2D eigenvalue weighted by molar-refractivity contribution is -0.122. The number of fused-ring (bicyclic) bond motifs is 1. The Morgan fingerprint density at radius 1 is 1.06 bits per heavy atom. The second kappa shape index (κ2) is 10.9. The molecule has 1 aromatic heterocycles. The molecular weight excluding hydrogens is 476 g/mol. The van der Waals surface area contributed by atoms with Gasteiger partial charge in [-0.25, -0.2) is 0 Å². The number of benzene rings is 2. The molecule has 0 atom stereocenters. The number of rotatable bonds is 9. The lowest BCUT2D eigenvalue weighted by Gasteiger charge is -2.17. The maximum atomic E-state index is 13.2. The highest BCUT2D eigenvalue weighted by molar-refractivity contribution is 8.26. The Hall–Kier alpha value is -2.77. The van der Waals surface area contributed by atoms with Crippen LogP contribution in [0.3, 0.4) is 0 Å². The summed E-state index contributed by atoms with van der Waals surface area (Å²) in [6.07, 6.45) is 10.3. The Kier molecular flexibility index (Phi) is 7.44. The summed E-state index contributed by atoms with van der Waals surface area (Å²) in [7, 11) is 1.64. The molecule has 1 aliphatic heterocycles. The van der Waals surface area contributed by atoms with Crippen LogP contribution in [0.25, 0.3) is 17.0 Å². The Balaban J connectivity index is 1.31. The van der Waals surface area contributed by atoms with Gasteiger partial charge < -0.3 is 14.0 Å². The van der Waals surface area contributed by atoms with Gasteiger partial charge >= 0.3 is 0 Å². The van der Waals surface area contributed by atoms with Crippen LogP contribution in [0.2, 0.25) is 0 Å². The van der Waals surface area contributed by atoms with Crippen LogP contribution in [0.15, 0.2) is 59.6 Å². The van der Waals surface area contributed by atoms with Crippen LogP contribution in [0.4, 0.5) is 0 Å². The maximum absolute atomic E-state index is 13.2. The minimum absolute atomic E-state index is 0.0364. The van der Waals surface area contributed by atoms with Crippen molar-refractivity contribution in [2.75, 3.05) is 20.3 Å². The van der Waals surface area contributed by atoms with Crippen LogP contribution >= 0.6 is 24.0 Å². The number of aromatic nitrogens is 1. The highest BCUT2D eigenvalue weighted by Crippen LogP contribution is 2.36. The number of hydrogen-bond donors (Lipinski definition) is 0. The van der Waals surface area contributed by atoms with Crippen molar-refractivity contribution in [3.63, 3.8) is 0 Å². The first-order valence-corrected chi connectivity index (χ1v) is 13.5. The third-order valence-corrected chi connectivity index (χ3v) is 8.25. The molecule has 0 N–H and O–H groups in total. The van der Waals surface area contributed by atoms with Gasteiger partial charge in [-0.2, -0.15) is 0 Å². The number of thioether (sulfide) groups is 1. The van der Waals surface area contributed by atoms with Crippen LogP contribution in [0.5, 0.6) is 11.5 Å². The van der Waals surface area contributed by atoms with Gasteiger partial charge in [0, 0.05) is 29.2 Å². The summed E-state index contributed by atoms with van der Waals surface area (Å²) in [5, 5.41) is 1.11. The second-order valence-corrected chi connectivity index (χ2v) is 10.7. The second-order valence-electron chi connectivity index (χ2n) is 9.07. The smallest absolute Gasteiger partial charge is 0.266 e. The summed E-state index contributed by atoms with van der Waals surface area (Å²) in [4.78, 5) is 15.7. The number of para-hydroxylation sites is 3. The average Bonchev–Trinajstić information content (AvgIpc) is 3.58. The van der Waals surface area contributed by atoms with E-state index in [1.807, 2.05) is 42.5 Å². The number of carbonyl (C=O) groups excluding carboxylic acids is 1. The van der Waals surface area contributed by atoms with E-state index in [0.29, 0.717) is 22.4 Å². The molecule has 7 heteroatoms. The zero-order chi connectivity index (χ0) is 24.2. The van der Waals surface area contributed by atoms with Crippen molar-refractivity contribution in [2.45, 2.75) is 38.6 Å². The van der Waals surface area contributed by atoms with E-state index in [1.165, 1.54) is 37.4 Å². The molecule has 2 fully saturated rings. The lowest BCUT2D eigenvalue weighted by Crippen LogP contribution is -2.30. The van der Waals surface area contributed by atoms with E-state index in [2.05, 4.69) is 22.9 Å². The van der Waals surface area contributed by atoms with E-state index in [9.17, 15) is 4.79 Å². The Labute approximate surface area is 216 Å². The molecule has 1 saturated heterocycles. The summed E-state index contributed by atoms with van der Waals surface area (Å²) in [6, 6.07) is 15.9. The minimum Gasteiger partial charge on any atom is -0.493 e. The van der Waals surface area contributed by atoms with E-state index >= 15 is 0 Å². The van der Waals surface area contributed by atoms with Gasteiger partial charge in [0.2, 0.25) is 0 Å². The van der Waals surface area contributed by atoms with E-state index < -0.39 is 0 Å². The van der Waals surface area contributed by atoms with Gasteiger partial charge in [0.1, 0.15) is 10.9 Å². The molecule has 182 valence electrons. The normalized spacial score (nSPS) is 17.7. The van der Waals surface area contributed by atoms with Crippen LogP contribution in [-0.4, -0.2) is 40.0 Å². The monoisotopic (exact) mass is 506 g/mol. The standard InChI is InChI=1S/C28H30N2O3S2/c1-32-24-12-6-7-13-25(24)33-17-16-29-19-21(22-10-4-5-11-23(22)29)18-26-27(31)30(28(34)35-26)15-14-20-8-2-3-9-20/h4-7,10-13,18-20H,2-3,8-9,14-17H2,1H3/b26-18-. The van der Waals surface area contributed by atoms with Crippen LogP contribution in [0.1, 0.15) is 37.7 Å². The number of ether oxygens (including phenoxy) is 2. The first-order chi connectivity index (χ1) is 17.1. The largest absolute Gasteiger partial charge is 0.493 e. The number of thiocarbonyl (C=S) groups is 1. The molecule has 2 aliphatic rings. The zero-order valence-corrected chi connectivity index (χ0v) is 21.6. The first-order valence-electron chi connectivity index (χ1n) is 12.2. The average molecular weight is 507 g/mol. The number of carbonyl (C=O) groups is 1. The third-order valence-electron chi connectivity index (χ3n) is 6.87. The first kappa shape index (κ1) is 23.9. The van der Waals surface area contributed by atoms with Gasteiger partial charge in [-0.15, -0.1) is 0 Å². The van der Waals surface area contributed by atoms with Crippen LogP contribution < -0.4 is 9.47 Å². The van der Waals surface area contributed by atoms with E-state index in [1.54, 1.807) is 12.0 Å². The van der Waals surface area contributed by atoms with Gasteiger partial charge in [-0.3, -0.25) is 9.69 Å². The summed E-state index contributed by atoms with van der Waals surface area (Å²) < 4.78 is 14.2. The zero-order valence-electron chi connectivity index (χ0n) is 19.9. The summed E-state index contributed by atoms with van der Waals surface area (Å²) in [6.45, 7) is 1.91. The van der Waals surface area contributed by atoms with Gasteiger partial charge in [-0.1, -0.05) is 80.0 Å². The van der Waals surface area contributed by atoms with Crippen LogP contribution in [0, 0.1) is 5.92 Å². The molecule has 2 heterocycles. The molecule has 5 rings (SSSR count). The van der Waals surface area contributed by atoms with Gasteiger partial charge in [0.05, 0.1) is 18.6 Å². The number of hydrogen-bond acceptors (Lipinski definition) is 5. The van der Waals surface area contributed by atoms with Gasteiger partial charge in [0.25, 0.3) is 5.91 Å². The Morgan fingerprint density at radius 2 is 1.80 bits per heavy atom. The predicted octanol–water partition coefficient (Wildman–Crippen LogP) is 6.51. The van der Waals surface area contributed by atoms with Crippen molar-refractivity contribution in [2.24, 2.45) is 5.92 Å². The molecule has 0 bridgehead atoms. The fourth-order valence-electron chi connectivity index (χ4n) is 5.01. The van der Waals surface area contributed by atoms with Crippen molar-refractivity contribution < 1.29 is 14.3 Å². The molecule has 35 heavy (non-hydrogen) atoms. The number of methoxy groups -OCH3 is 1. The highest BCUT2D eigenvalue weighted by atomic mass is 32.2. The van der Waals surface area contributed by atoms with E-state index in [4.69, 9.17) is 21.7 Å². The summed E-state index contributed by atoms with van der Waals surface area (Å²) >= 11 is 6.99. The minimum atomic E-state index is 0.0364. The molecule has 1 aliphatic carbocycles. The molecule has 1 amide bonds. The van der Waals surface area contributed by atoms with E-state index in [0.717, 1.165) is 46.8 Å². The molecular formula is C28H30N2O3S2. The number of nitrogens with zero attached hydrogens (tertiary/aromatic N) is 2. The highest BCUT2D eigenvalue weighted by Gasteiger charge is 2.32. The SMILES string of the molecule is COc1ccccc1OCCn1cc(/C=C2\SC(=S)N(CCC3CCCC3)C2=O)c2ccccc21. The predicted molar refractivity (Wildman–Crippen MR) is 147 cm³/mol. The third kappa shape index (κ3) is 5.26. The Bertz CT molecular complexity index is 1260. The molecule has 3 aromatic rings. The van der Waals surface area contributed by atoms with Crippen LogP contribution in [-0.2, 0) is 11.3 Å². The van der Waals surface area contributed by atoms with E-state index in [-0.39, 0.29) is 5.91 Å². The molecule has 5 nitrogen and oxygen atoms in total. The molecule has 0 unspecified atom stereocenters. The lowest BCUT2D eigenvalue weighted by atomic mass is 10.0. The van der Waals surface area contributed by atoms with Crippen molar-refractivity contribution in [3.05, 3.63) is 65.2 Å². The molecule has 2 aromatic carbocycles. The fraction of sp³-hybridized carbons (Fsp3) is 0.357. The summed E-state index contributed by atoms with van der Waals surface area (Å²) in [5.74, 6) is 2.22. The van der Waals surface area contributed by atoms with Crippen molar-refractivity contribution >= 4 is 51.2 Å².